The molecule has 25 heavy (non-hydrogen) atoms. The molecule has 1 aromatic carbocycles. The van der Waals surface area contributed by atoms with Crippen LogP contribution in [0.15, 0.2) is 18.5 Å². The van der Waals surface area contributed by atoms with Crippen LogP contribution in [0.2, 0.25) is 0 Å². The van der Waals surface area contributed by atoms with E-state index in [1.165, 1.54) is 18.5 Å². The van der Waals surface area contributed by atoms with Gasteiger partial charge in [0.15, 0.2) is 0 Å². The second-order valence-electron chi connectivity index (χ2n) is 6.30. The minimum absolute atomic E-state index is 0.0513. The number of rotatable bonds is 4. The van der Waals surface area contributed by atoms with Crippen LogP contribution in [0.25, 0.3) is 0 Å². The first-order valence-corrected chi connectivity index (χ1v) is 8.22. The van der Waals surface area contributed by atoms with Gasteiger partial charge in [-0.15, -0.1) is 0 Å². The molecule has 3 rings (SSSR count). The maximum atomic E-state index is 14.5. The highest BCUT2D eigenvalue weighted by molar-refractivity contribution is 5.97. The number of fused-ring (bicyclic) bond motifs is 1. The maximum absolute atomic E-state index is 14.5. The van der Waals surface area contributed by atoms with Gasteiger partial charge >= 0.3 is 0 Å². The highest BCUT2D eigenvalue weighted by Crippen LogP contribution is 2.38. The Kier molecular flexibility index (Phi) is 4.52. The lowest BCUT2D eigenvalue weighted by molar-refractivity contribution is -0.119. The molecule has 7 nitrogen and oxygen atoms in total. The summed E-state index contributed by atoms with van der Waals surface area (Å²) in [5.74, 6) is -1.05. The van der Waals surface area contributed by atoms with E-state index >= 15 is 0 Å². The third-order valence-corrected chi connectivity index (χ3v) is 4.22. The van der Waals surface area contributed by atoms with Crippen molar-refractivity contribution in [3.05, 3.63) is 35.7 Å². The van der Waals surface area contributed by atoms with Crippen molar-refractivity contribution in [2.24, 2.45) is 5.92 Å². The predicted molar refractivity (Wildman–Crippen MR) is 90.7 cm³/mol. The predicted octanol–water partition coefficient (Wildman–Crippen LogP) is 2.51. The summed E-state index contributed by atoms with van der Waals surface area (Å²) in [6, 6.07) is 2.81. The summed E-state index contributed by atoms with van der Waals surface area (Å²) >= 11 is 0. The zero-order valence-electron chi connectivity index (χ0n) is 14.3. The molecule has 1 unspecified atom stereocenters. The van der Waals surface area contributed by atoms with Crippen LogP contribution in [0.5, 0.6) is 0 Å². The number of carbonyl (C=O) groups excluding carboxylic acids is 2. The van der Waals surface area contributed by atoms with Crippen LogP contribution in [-0.4, -0.2) is 26.6 Å². The van der Waals surface area contributed by atoms with Gasteiger partial charge in [-0.1, -0.05) is 13.8 Å². The molecule has 2 heterocycles. The van der Waals surface area contributed by atoms with Gasteiger partial charge in [-0.05, 0) is 24.6 Å². The van der Waals surface area contributed by atoms with E-state index in [-0.39, 0.29) is 35.8 Å². The lowest BCUT2D eigenvalue weighted by Gasteiger charge is -2.26. The number of aromatic nitrogens is 3. The topological polar surface area (TPSA) is 88.9 Å². The number of anilines is 2. The van der Waals surface area contributed by atoms with Gasteiger partial charge in [-0.3, -0.25) is 9.59 Å². The van der Waals surface area contributed by atoms with Crippen LogP contribution < -0.4 is 10.6 Å². The van der Waals surface area contributed by atoms with Crippen molar-refractivity contribution in [2.45, 2.75) is 39.7 Å². The minimum Gasteiger partial charge on any atom is -0.326 e. The molecule has 8 heteroatoms. The second kappa shape index (κ2) is 6.62. The first-order valence-electron chi connectivity index (χ1n) is 8.22. The Labute approximate surface area is 144 Å². The summed E-state index contributed by atoms with van der Waals surface area (Å²) in [7, 11) is 0. The quantitative estimate of drug-likeness (QED) is 0.891. The Morgan fingerprint density at radius 3 is 2.92 bits per heavy atom. The van der Waals surface area contributed by atoms with E-state index < -0.39 is 5.82 Å². The zero-order chi connectivity index (χ0) is 18.1. The SMILES string of the molecule is CCn1ncnc1C1CC(=O)Nc2cc(NC(=O)C(C)C)c(F)cc21. The molecular weight excluding hydrogens is 325 g/mol. The summed E-state index contributed by atoms with van der Waals surface area (Å²) in [4.78, 5) is 28.2. The molecule has 2 aromatic rings. The average Bonchev–Trinajstić information content (AvgIpc) is 3.03. The number of carbonyl (C=O) groups is 2. The third kappa shape index (κ3) is 3.24. The summed E-state index contributed by atoms with van der Waals surface area (Å²) in [5.41, 5.74) is 1.16. The van der Waals surface area contributed by atoms with Crippen LogP contribution >= 0.6 is 0 Å². The Balaban J connectivity index is 2.03. The highest BCUT2D eigenvalue weighted by Gasteiger charge is 2.31. The van der Waals surface area contributed by atoms with Gasteiger partial charge in [-0.25, -0.2) is 14.1 Å². The summed E-state index contributed by atoms with van der Waals surface area (Å²) in [6.07, 6.45) is 1.60. The lowest BCUT2D eigenvalue weighted by atomic mass is 9.89. The molecule has 2 N–H and O–H groups in total. The minimum atomic E-state index is -0.545. The van der Waals surface area contributed by atoms with E-state index in [2.05, 4.69) is 20.7 Å². The summed E-state index contributed by atoms with van der Waals surface area (Å²) in [5, 5.41) is 9.42. The molecule has 1 aliphatic heterocycles. The number of nitrogens with one attached hydrogen (secondary N) is 2. The number of hydrogen-bond donors (Lipinski definition) is 2. The molecule has 0 fully saturated rings. The Hall–Kier alpha value is -2.77. The Morgan fingerprint density at radius 2 is 2.24 bits per heavy atom. The fourth-order valence-electron chi connectivity index (χ4n) is 2.87. The number of halogens is 1. The largest absolute Gasteiger partial charge is 0.326 e. The molecule has 2 amide bonds. The van der Waals surface area contributed by atoms with E-state index in [9.17, 15) is 14.0 Å². The van der Waals surface area contributed by atoms with Gasteiger partial charge in [0.1, 0.15) is 18.0 Å². The number of aryl methyl sites for hydroxylation is 1. The van der Waals surface area contributed by atoms with Crippen LogP contribution in [0.4, 0.5) is 15.8 Å². The lowest BCUT2D eigenvalue weighted by Crippen LogP contribution is -2.26. The first kappa shape index (κ1) is 17.1. The molecular formula is C17H20FN5O2. The van der Waals surface area contributed by atoms with Crippen LogP contribution in [-0.2, 0) is 16.1 Å². The molecule has 0 radical (unpaired) electrons. The Bertz CT molecular complexity index is 830. The van der Waals surface area contributed by atoms with E-state index in [1.807, 2.05) is 6.92 Å². The average molecular weight is 345 g/mol. The van der Waals surface area contributed by atoms with E-state index in [4.69, 9.17) is 0 Å². The fourth-order valence-corrected chi connectivity index (χ4v) is 2.87. The smallest absolute Gasteiger partial charge is 0.227 e. The normalized spacial score (nSPS) is 16.5. The van der Waals surface area contributed by atoms with Gasteiger partial charge in [0.05, 0.1) is 11.6 Å². The van der Waals surface area contributed by atoms with Crippen LogP contribution in [0.3, 0.4) is 0 Å². The second-order valence-corrected chi connectivity index (χ2v) is 6.30. The molecule has 0 spiro atoms. The van der Waals surface area contributed by atoms with Crippen molar-refractivity contribution in [3.8, 4) is 0 Å². The molecule has 0 bridgehead atoms. The molecule has 0 aliphatic carbocycles. The number of hydrogen-bond acceptors (Lipinski definition) is 4. The summed E-state index contributed by atoms with van der Waals surface area (Å²) in [6.45, 7) is 5.98. The van der Waals surface area contributed by atoms with E-state index in [0.717, 1.165) is 0 Å². The molecule has 1 aliphatic rings. The van der Waals surface area contributed by atoms with Gasteiger partial charge in [0.2, 0.25) is 11.8 Å². The molecule has 1 aromatic heterocycles. The zero-order valence-corrected chi connectivity index (χ0v) is 14.3. The van der Waals surface area contributed by atoms with Gasteiger partial charge in [0.25, 0.3) is 0 Å². The number of amides is 2. The number of nitrogens with zero attached hydrogens (tertiary/aromatic N) is 3. The van der Waals surface area contributed by atoms with Crippen molar-refractivity contribution in [1.29, 1.82) is 0 Å². The van der Waals surface area contributed by atoms with Crippen molar-refractivity contribution in [3.63, 3.8) is 0 Å². The summed E-state index contributed by atoms with van der Waals surface area (Å²) < 4.78 is 16.2. The van der Waals surface area contributed by atoms with Gasteiger partial charge in [0, 0.05) is 24.6 Å². The molecule has 1 atom stereocenters. The van der Waals surface area contributed by atoms with Crippen LogP contribution in [0, 0.1) is 11.7 Å². The van der Waals surface area contributed by atoms with E-state index in [1.54, 1.807) is 18.5 Å². The molecule has 0 saturated heterocycles. The molecule has 0 saturated carbocycles. The van der Waals surface area contributed by atoms with E-state index in [0.29, 0.717) is 23.6 Å². The van der Waals surface area contributed by atoms with Crippen molar-refractivity contribution >= 4 is 23.2 Å². The standard InChI is InChI=1S/C17H20FN5O2/c1-4-23-16(19-8-20-23)11-6-15(24)21-13-7-14(12(18)5-10(11)13)22-17(25)9(2)3/h5,7-9,11H,4,6H2,1-3H3,(H,21,24)(H,22,25). The van der Waals surface area contributed by atoms with Gasteiger partial charge in [-0.2, -0.15) is 5.10 Å². The Morgan fingerprint density at radius 1 is 1.48 bits per heavy atom. The highest BCUT2D eigenvalue weighted by atomic mass is 19.1. The third-order valence-electron chi connectivity index (χ3n) is 4.22. The maximum Gasteiger partial charge on any atom is 0.227 e. The number of benzene rings is 1. The van der Waals surface area contributed by atoms with Crippen molar-refractivity contribution in [1.82, 2.24) is 14.8 Å². The first-order chi connectivity index (χ1) is 11.9. The monoisotopic (exact) mass is 345 g/mol. The van der Waals surface area contributed by atoms with Gasteiger partial charge < -0.3 is 10.6 Å². The van der Waals surface area contributed by atoms with Crippen LogP contribution in [0.1, 0.15) is 44.5 Å². The van der Waals surface area contributed by atoms with Crippen molar-refractivity contribution in [2.75, 3.05) is 10.6 Å². The fraction of sp³-hybridized carbons (Fsp3) is 0.412. The molecule has 132 valence electrons. The van der Waals surface area contributed by atoms with Crippen molar-refractivity contribution < 1.29 is 14.0 Å².